The van der Waals surface area contributed by atoms with Crippen LogP contribution in [-0.2, 0) is 6.54 Å². The van der Waals surface area contributed by atoms with Crippen LogP contribution in [0, 0.1) is 0 Å². The van der Waals surface area contributed by atoms with Crippen LogP contribution in [0.25, 0.3) is 0 Å². The lowest BCUT2D eigenvalue weighted by Gasteiger charge is -2.28. The van der Waals surface area contributed by atoms with Crippen molar-refractivity contribution in [1.29, 1.82) is 0 Å². The van der Waals surface area contributed by atoms with E-state index in [1.807, 2.05) is 25.3 Å². The first-order valence-electron chi connectivity index (χ1n) is 8.12. The van der Waals surface area contributed by atoms with Crippen LogP contribution in [0.5, 0.6) is 5.75 Å². The molecule has 0 amide bonds. The summed E-state index contributed by atoms with van der Waals surface area (Å²) in [7, 11) is 0. The molecule has 0 aliphatic carbocycles. The van der Waals surface area contributed by atoms with E-state index in [0.717, 1.165) is 45.1 Å². The molecule has 22 heavy (non-hydrogen) atoms. The molecule has 3 rings (SSSR count). The first-order valence-corrected chi connectivity index (χ1v) is 8.12. The molecule has 1 fully saturated rings. The molecule has 0 saturated carbocycles. The van der Waals surface area contributed by atoms with E-state index in [9.17, 15) is 0 Å². The molecule has 0 radical (unpaired) electrons. The smallest absolute Gasteiger partial charge is 0.274 e. The summed E-state index contributed by atoms with van der Waals surface area (Å²) in [5.41, 5.74) is 1.32. The lowest BCUT2D eigenvalue weighted by molar-refractivity contribution is -0.914. The Morgan fingerprint density at radius 1 is 1.09 bits per heavy atom. The van der Waals surface area contributed by atoms with Crippen molar-refractivity contribution in [3.63, 3.8) is 0 Å². The van der Waals surface area contributed by atoms with Gasteiger partial charge in [-0.25, -0.2) is 4.98 Å². The molecule has 0 bridgehead atoms. The Kier molecular flexibility index (Phi) is 4.91. The molecule has 4 heteroatoms. The third kappa shape index (κ3) is 3.57. The van der Waals surface area contributed by atoms with E-state index in [1.54, 1.807) is 4.90 Å². The molecule has 0 atom stereocenters. The van der Waals surface area contributed by atoms with E-state index < -0.39 is 0 Å². The van der Waals surface area contributed by atoms with Crippen LogP contribution < -0.4 is 19.5 Å². The van der Waals surface area contributed by atoms with Gasteiger partial charge in [-0.3, -0.25) is 4.90 Å². The average Bonchev–Trinajstić information content (AvgIpc) is 2.58. The van der Waals surface area contributed by atoms with Crippen LogP contribution in [0.4, 0.5) is 5.82 Å². The molecule has 2 N–H and O–H groups in total. The highest BCUT2D eigenvalue weighted by Crippen LogP contribution is 2.16. The number of hydrogen-bond acceptors (Lipinski definition) is 2. The summed E-state index contributed by atoms with van der Waals surface area (Å²) in [6.45, 7) is 8.30. The minimum Gasteiger partial charge on any atom is -0.493 e. The van der Waals surface area contributed by atoms with Crippen molar-refractivity contribution in [3.8, 4) is 5.75 Å². The minimum absolute atomic E-state index is 0.726. The molecule has 2 heterocycles. The number of hydrogen-bond donors (Lipinski definition) is 1. The van der Waals surface area contributed by atoms with E-state index in [2.05, 4.69) is 40.2 Å². The van der Waals surface area contributed by atoms with E-state index in [-0.39, 0.29) is 0 Å². The van der Waals surface area contributed by atoms with Crippen molar-refractivity contribution in [1.82, 2.24) is 0 Å². The quantitative estimate of drug-likeness (QED) is 0.885. The van der Waals surface area contributed by atoms with E-state index in [0.29, 0.717) is 0 Å². The van der Waals surface area contributed by atoms with Crippen molar-refractivity contribution in [3.05, 3.63) is 54.2 Å². The number of aromatic amines is 1. The van der Waals surface area contributed by atoms with Gasteiger partial charge in [0.25, 0.3) is 5.82 Å². The number of benzene rings is 1. The molecule has 116 valence electrons. The summed E-state index contributed by atoms with van der Waals surface area (Å²) in [6, 6.07) is 14.7. The van der Waals surface area contributed by atoms with E-state index in [1.165, 1.54) is 11.4 Å². The highest BCUT2D eigenvalue weighted by molar-refractivity contribution is 5.33. The predicted octanol–water partition coefficient (Wildman–Crippen LogP) is 0.804. The molecular weight excluding hydrogens is 274 g/mol. The van der Waals surface area contributed by atoms with Gasteiger partial charge >= 0.3 is 0 Å². The maximum atomic E-state index is 5.74. The second-order valence-corrected chi connectivity index (χ2v) is 5.70. The Hall–Kier alpha value is -2.07. The molecule has 1 aromatic carbocycles. The van der Waals surface area contributed by atoms with Crippen LogP contribution in [0.3, 0.4) is 0 Å². The number of nitrogens with zero attached hydrogens (tertiary/aromatic N) is 1. The van der Waals surface area contributed by atoms with Gasteiger partial charge in [0.1, 0.15) is 38.5 Å². The Morgan fingerprint density at radius 2 is 1.86 bits per heavy atom. The van der Waals surface area contributed by atoms with Gasteiger partial charge in [-0.15, -0.1) is 0 Å². The van der Waals surface area contributed by atoms with Gasteiger partial charge in [0, 0.05) is 11.6 Å². The zero-order valence-electron chi connectivity index (χ0n) is 13.2. The number of para-hydroxylation sites is 1. The molecule has 2 aromatic rings. The number of nitrogens with one attached hydrogen (secondary N) is 2. The first kappa shape index (κ1) is 14.9. The second kappa shape index (κ2) is 7.27. The molecule has 0 unspecified atom stereocenters. The van der Waals surface area contributed by atoms with Gasteiger partial charge in [0.2, 0.25) is 0 Å². The number of quaternary nitrogens is 1. The summed E-state index contributed by atoms with van der Waals surface area (Å²) in [6.07, 6.45) is 1.99. The molecule has 1 aliphatic rings. The fourth-order valence-corrected chi connectivity index (χ4v) is 3.04. The fraction of sp³-hybridized carbons (Fsp3) is 0.389. The summed E-state index contributed by atoms with van der Waals surface area (Å²) < 4.78 is 5.74. The molecule has 4 nitrogen and oxygen atoms in total. The van der Waals surface area contributed by atoms with Crippen LogP contribution in [0.15, 0.2) is 48.7 Å². The number of anilines is 1. The van der Waals surface area contributed by atoms with Crippen LogP contribution in [0.1, 0.15) is 12.5 Å². The van der Waals surface area contributed by atoms with Crippen LogP contribution in [-0.4, -0.2) is 32.8 Å². The molecule has 1 aliphatic heterocycles. The second-order valence-electron chi connectivity index (χ2n) is 5.70. The van der Waals surface area contributed by atoms with Gasteiger partial charge in [-0.2, -0.15) is 0 Å². The normalized spacial score (nSPS) is 15.8. The maximum Gasteiger partial charge on any atom is 0.274 e. The lowest BCUT2D eigenvalue weighted by Crippen LogP contribution is -3.13. The number of H-pyrrole nitrogens is 1. The van der Waals surface area contributed by atoms with Gasteiger partial charge in [0.05, 0.1) is 12.8 Å². The highest BCUT2D eigenvalue weighted by atomic mass is 16.5. The summed E-state index contributed by atoms with van der Waals surface area (Å²) in [5.74, 6) is 2.26. The summed E-state index contributed by atoms with van der Waals surface area (Å²) in [5, 5.41) is 0. The van der Waals surface area contributed by atoms with Crippen molar-refractivity contribution in [2.75, 3.05) is 37.7 Å². The fourth-order valence-electron chi connectivity index (χ4n) is 3.04. The maximum absolute atomic E-state index is 5.74. The third-order valence-corrected chi connectivity index (χ3v) is 4.22. The molecule has 0 spiro atoms. The van der Waals surface area contributed by atoms with E-state index in [4.69, 9.17) is 4.74 Å². The Bertz CT molecular complexity index is 580. The highest BCUT2D eigenvalue weighted by Gasteiger charge is 2.26. The number of piperazine rings is 1. The standard InChI is InChI=1S/C18H23N3O/c1-2-22-17-8-4-3-7-16(17)15-20-11-13-21(14-12-20)18-9-5-6-10-19-18/h3-10H,2,11-15H2,1H3/p+2. The Balaban J connectivity index is 1.58. The zero-order chi connectivity index (χ0) is 15.2. The molecule has 1 saturated heterocycles. The lowest BCUT2D eigenvalue weighted by atomic mass is 10.1. The van der Waals surface area contributed by atoms with Crippen molar-refractivity contribution >= 4 is 5.82 Å². The Morgan fingerprint density at radius 3 is 2.59 bits per heavy atom. The zero-order valence-corrected chi connectivity index (χ0v) is 13.2. The van der Waals surface area contributed by atoms with Gasteiger partial charge in [-0.1, -0.05) is 18.2 Å². The number of rotatable bonds is 5. The van der Waals surface area contributed by atoms with Gasteiger partial charge in [-0.05, 0) is 25.1 Å². The SMILES string of the molecule is CCOc1ccccc1C[NH+]1CCN(c2cccc[nH+]2)CC1. The van der Waals surface area contributed by atoms with Crippen molar-refractivity contribution in [2.24, 2.45) is 0 Å². The van der Waals surface area contributed by atoms with Crippen LogP contribution >= 0.6 is 0 Å². The number of aromatic nitrogens is 1. The minimum atomic E-state index is 0.726. The topological polar surface area (TPSA) is 31.1 Å². The largest absolute Gasteiger partial charge is 0.493 e. The van der Waals surface area contributed by atoms with Crippen molar-refractivity contribution in [2.45, 2.75) is 13.5 Å². The summed E-state index contributed by atoms with van der Waals surface area (Å²) >= 11 is 0. The van der Waals surface area contributed by atoms with E-state index >= 15 is 0 Å². The molecular formula is C18H25N3O+2. The first-order chi connectivity index (χ1) is 10.9. The third-order valence-electron chi connectivity index (χ3n) is 4.22. The molecule has 1 aromatic heterocycles. The summed E-state index contributed by atoms with van der Waals surface area (Å²) in [4.78, 5) is 7.38. The van der Waals surface area contributed by atoms with Crippen LogP contribution in [0.2, 0.25) is 0 Å². The monoisotopic (exact) mass is 299 g/mol. The number of ether oxygens (including phenoxy) is 1. The average molecular weight is 299 g/mol. The Labute approximate surface area is 132 Å². The number of pyridine rings is 1. The van der Waals surface area contributed by atoms with Crippen molar-refractivity contribution < 1.29 is 14.6 Å². The van der Waals surface area contributed by atoms with Gasteiger partial charge < -0.3 is 9.64 Å². The predicted molar refractivity (Wildman–Crippen MR) is 87.2 cm³/mol. The van der Waals surface area contributed by atoms with Gasteiger partial charge in [0.15, 0.2) is 0 Å².